The van der Waals surface area contributed by atoms with E-state index in [0.29, 0.717) is 0 Å². The molecule has 1 aliphatic heterocycles. The van der Waals surface area contributed by atoms with Crippen LogP contribution in [0.2, 0.25) is 0 Å². The fourth-order valence-corrected chi connectivity index (χ4v) is 3.27. The summed E-state index contributed by atoms with van der Waals surface area (Å²) in [5, 5.41) is 2.57. The number of amides is 2. The number of likely N-dealkylation sites (tertiary alicyclic amines) is 1. The predicted molar refractivity (Wildman–Crippen MR) is 101 cm³/mol. The molecule has 1 aliphatic rings. The number of hydrogen-bond acceptors (Lipinski definition) is 7. The van der Waals surface area contributed by atoms with E-state index in [0.717, 1.165) is 11.8 Å². The number of rotatable bonds is 5. The third kappa shape index (κ3) is 7.35. The molecule has 10 heteroatoms. The maximum Gasteiger partial charge on any atom is 0.410 e. The van der Waals surface area contributed by atoms with E-state index < -0.39 is 40.1 Å². The summed E-state index contributed by atoms with van der Waals surface area (Å²) in [5.41, 5.74) is 0.105. The molecule has 0 aromatic heterocycles. The Hall–Kier alpha value is -2.33. The molecule has 9 nitrogen and oxygen atoms in total. The monoisotopic (exact) mass is 414 g/mol. The number of carbonyl (C=O) groups is 2. The highest BCUT2D eigenvalue weighted by molar-refractivity contribution is 7.86. The standard InChI is InChI=1S/C18H26N2O7S/c1-18(2,3)26-17(22)20-10-14(15(11-20)27-28(4,23)24)19-16(21)25-12-13-8-6-5-7-9-13/h5-9,14-15H,10-12H2,1-4H3,(H,19,21)/t14-,15+/m1/s1. The van der Waals surface area contributed by atoms with Crippen LogP contribution in [-0.2, 0) is 30.4 Å². The first-order valence-corrected chi connectivity index (χ1v) is 10.6. The predicted octanol–water partition coefficient (Wildman–Crippen LogP) is 1.88. The summed E-state index contributed by atoms with van der Waals surface area (Å²) in [6.45, 7) is 5.24. The van der Waals surface area contributed by atoms with Crippen molar-refractivity contribution in [3.8, 4) is 0 Å². The first-order chi connectivity index (χ1) is 12.9. The number of hydrogen-bond donors (Lipinski definition) is 1. The van der Waals surface area contributed by atoms with Crippen molar-refractivity contribution in [1.29, 1.82) is 0 Å². The molecule has 1 aromatic rings. The molecule has 28 heavy (non-hydrogen) atoms. The summed E-state index contributed by atoms with van der Waals surface area (Å²) < 4.78 is 38.6. The second kappa shape index (κ2) is 8.78. The highest BCUT2D eigenvalue weighted by Crippen LogP contribution is 2.19. The molecule has 156 valence electrons. The highest BCUT2D eigenvalue weighted by Gasteiger charge is 2.40. The Morgan fingerprint density at radius 1 is 1.18 bits per heavy atom. The van der Waals surface area contributed by atoms with Crippen LogP contribution in [0.15, 0.2) is 30.3 Å². The normalized spacial score (nSPS) is 19.9. The summed E-state index contributed by atoms with van der Waals surface area (Å²) in [6, 6.07) is 8.35. The van der Waals surface area contributed by atoms with Crippen molar-refractivity contribution in [2.75, 3.05) is 19.3 Å². The first kappa shape index (κ1) is 22.0. The van der Waals surface area contributed by atoms with E-state index >= 15 is 0 Å². The molecule has 1 saturated heterocycles. The molecule has 2 atom stereocenters. The second-order valence-corrected chi connectivity index (χ2v) is 9.14. The quantitative estimate of drug-likeness (QED) is 0.732. The van der Waals surface area contributed by atoms with Gasteiger partial charge in [0.25, 0.3) is 10.1 Å². The number of carbonyl (C=O) groups excluding carboxylic acids is 2. The topological polar surface area (TPSA) is 111 Å². The van der Waals surface area contributed by atoms with E-state index in [9.17, 15) is 18.0 Å². The Bertz CT molecular complexity index is 790. The number of nitrogens with zero attached hydrogens (tertiary/aromatic N) is 1. The van der Waals surface area contributed by atoms with Crippen molar-refractivity contribution in [3.63, 3.8) is 0 Å². The minimum absolute atomic E-state index is 0.0361. The fourth-order valence-electron chi connectivity index (χ4n) is 2.63. The minimum atomic E-state index is -3.79. The van der Waals surface area contributed by atoms with E-state index in [1.807, 2.05) is 30.3 Å². The number of nitrogens with one attached hydrogen (secondary N) is 1. The van der Waals surface area contributed by atoms with Gasteiger partial charge < -0.3 is 19.7 Å². The van der Waals surface area contributed by atoms with Crippen molar-refractivity contribution in [1.82, 2.24) is 10.2 Å². The van der Waals surface area contributed by atoms with Gasteiger partial charge in [-0.05, 0) is 26.3 Å². The summed E-state index contributed by atoms with van der Waals surface area (Å²) in [4.78, 5) is 25.7. The Morgan fingerprint density at radius 2 is 1.82 bits per heavy atom. The molecule has 0 radical (unpaired) electrons. The highest BCUT2D eigenvalue weighted by atomic mass is 32.2. The number of alkyl carbamates (subject to hydrolysis) is 1. The van der Waals surface area contributed by atoms with Crippen LogP contribution >= 0.6 is 0 Å². The van der Waals surface area contributed by atoms with Gasteiger partial charge in [0.05, 0.1) is 18.8 Å². The zero-order valence-corrected chi connectivity index (χ0v) is 17.2. The lowest BCUT2D eigenvalue weighted by Gasteiger charge is -2.24. The van der Waals surface area contributed by atoms with Gasteiger partial charge in [-0.2, -0.15) is 8.42 Å². The molecule has 2 amide bonds. The van der Waals surface area contributed by atoms with Crippen molar-refractivity contribution < 1.29 is 31.7 Å². The van der Waals surface area contributed by atoms with E-state index in [4.69, 9.17) is 13.7 Å². The van der Waals surface area contributed by atoms with Crippen LogP contribution in [0.1, 0.15) is 26.3 Å². The molecular weight excluding hydrogens is 388 g/mol. The van der Waals surface area contributed by atoms with Gasteiger partial charge in [0, 0.05) is 6.54 Å². The average molecular weight is 414 g/mol. The van der Waals surface area contributed by atoms with Crippen molar-refractivity contribution in [2.45, 2.75) is 45.1 Å². The Labute approximate surface area is 165 Å². The summed E-state index contributed by atoms with van der Waals surface area (Å²) >= 11 is 0. The zero-order valence-electron chi connectivity index (χ0n) is 16.4. The Kier molecular flexibility index (Phi) is 6.89. The van der Waals surface area contributed by atoms with Gasteiger partial charge in [-0.15, -0.1) is 0 Å². The van der Waals surface area contributed by atoms with E-state index in [2.05, 4.69) is 5.32 Å². The Morgan fingerprint density at radius 3 is 2.39 bits per heavy atom. The Balaban J connectivity index is 1.99. The van der Waals surface area contributed by atoms with Crippen LogP contribution in [-0.4, -0.2) is 62.6 Å². The number of benzene rings is 1. The molecule has 1 N–H and O–H groups in total. The zero-order chi connectivity index (χ0) is 20.9. The molecular formula is C18H26N2O7S. The molecule has 1 heterocycles. The molecule has 1 fully saturated rings. The summed E-state index contributed by atoms with van der Waals surface area (Å²) in [5.74, 6) is 0. The summed E-state index contributed by atoms with van der Waals surface area (Å²) in [6.07, 6.45) is -1.38. The SMILES string of the molecule is CC(C)(C)OC(=O)N1C[C@H](OS(C)(=O)=O)[C@H](NC(=O)OCc2ccccc2)C1. The van der Waals surface area contributed by atoms with Crippen LogP contribution < -0.4 is 5.32 Å². The van der Waals surface area contributed by atoms with Crippen LogP contribution in [0.5, 0.6) is 0 Å². The van der Waals surface area contributed by atoms with E-state index in [-0.39, 0.29) is 19.7 Å². The lowest BCUT2D eigenvalue weighted by atomic mass is 10.2. The lowest BCUT2D eigenvalue weighted by molar-refractivity contribution is 0.0275. The largest absolute Gasteiger partial charge is 0.445 e. The molecule has 1 aromatic carbocycles. The minimum Gasteiger partial charge on any atom is -0.445 e. The molecule has 0 spiro atoms. The maximum absolute atomic E-state index is 12.3. The van der Waals surface area contributed by atoms with Gasteiger partial charge >= 0.3 is 12.2 Å². The van der Waals surface area contributed by atoms with Crippen LogP contribution in [0.4, 0.5) is 9.59 Å². The molecule has 0 unspecified atom stereocenters. The van der Waals surface area contributed by atoms with Gasteiger partial charge in [0.2, 0.25) is 0 Å². The first-order valence-electron chi connectivity index (χ1n) is 8.76. The fraction of sp³-hybridized carbons (Fsp3) is 0.556. The number of ether oxygens (including phenoxy) is 2. The van der Waals surface area contributed by atoms with Crippen LogP contribution in [0.3, 0.4) is 0 Å². The van der Waals surface area contributed by atoms with Crippen molar-refractivity contribution in [2.24, 2.45) is 0 Å². The molecule has 0 bridgehead atoms. The van der Waals surface area contributed by atoms with Gasteiger partial charge in [-0.3, -0.25) is 4.18 Å². The molecule has 2 rings (SSSR count). The summed E-state index contributed by atoms with van der Waals surface area (Å²) in [7, 11) is -3.79. The van der Waals surface area contributed by atoms with Gasteiger partial charge in [0.1, 0.15) is 18.3 Å². The smallest absolute Gasteiger partial charge is 0.410 e. The van der Waals surface area contributed by atoms with Gasteiger partial charge in [-0.1, -0.05) is 30.3 Å². The van der Waals surface area contributed by atoms with Gasteiger partial charge in [0.15, 0.2) is 0 Å². The molecule has 0 saturated carbocycles. The average Bonchev–Trinajstić information content (AvgIpc) is 2.93. The van der Waals surface area contributed by atoms with Crippen molar-refractivity contribution in [3.05, 3.63) is 35.9 Å². The van der Waals surface area contributed by atoms with Crippen molar-refractivity contribution >= 4 is 22.3 Å². The van der Waals surface area contributed by atoms with E-state index in [1.54, 1.807) is 20.8 Å². The third-order valence-electron chi connectivity index (χ3n) is 3.73. The van der Waals surface area contributed by atoms with E-state index in [1.165, 1.54) is 4.90 Å². The van der Waals surface area contributed by atoms with Crippen LogP contribution in [0, 0.1) is 0 Å². The van der Waals surface area contributed by atoms with Crippen LogP contribution in [0.25, 0.3) is 0 Å². The molecule has 0 aliphatic carbocycles. The third-order valence-corrected chi connectivity index (χ3v) is 4.33. The second-order valence-electron chi connectivity index (χ2n) is 7.54. The lowest BCUT2D eigenvalue weighted by Crippen LogP contribution is -2.45. The van der Waals surface area contributed by atoms with Gasteiger partial charge in [-0.25, -0.2) is 9.59 Å². The maximum atomic E-state index is 12.3.